The first-order valence-corrected chi connectivity index (χ1v) is 5.68. The molecular formula is C10H17F3N2O. The van der Waals surface area contributed by atoms with Crippen molar-refractivity contribution in [1.82, 2.24) is 10.2 Å². The lowest BCUT2D eigenvalue weighted by Crippen LogP contribution is -2.44. The lowest BCUT2D eigenvalue weighted by atomic mass is 10.1. The summed E-state index contributed by atoms with van der Waals surface area (Å²) in [7, 11) is 0. The number of nitrogens with zero attached hydrogens (tertiary/aromatic N) is 1. The maximum absolute atomic E-state index is 12.2. The van der Waals surface area contributed by atoms with Gasteiger partial charge in [-0.25, -0.2) is 0 Å². The highest BCUT2D eigenvalue weighted by Gasteiger charge is 2.40. The van der Waals surface area contributed by atoms with Crippen LogP contribution in [0.4, 0.5) is 13.2 Å². The Labute approximate surface area is 92.6 Å². The van der Waals surface area contributed by atoms with Gasteiger partial charge >= 0.3 is 6.18 Å². The molecule has 16 heavy (non-hydrogen) atoms. The molecule has 0 amide bonds. The average molecular weight is 238 g/mol. The molecule has 0 radical (unpaired) electrons. The molecule has 3 unspecified atom stereocenters. The molecule has 3 nitrogen and oxygen atoms in total. The third-order valence-corrected chi connectivity index (χ3v) is 3.42. The number of aliphatic hydroxyl groups excluding tert-OH is 1. The number of alkyl halides is 3. The summed E-state index contributed by atoms with van der Waals surface area (Å²) >= 11 is 0. The van der Waals surface area contributed by atoms with Gasteiger partial charge in [-0.2, -0.15) is 13.2 Å². The molecule has 2 heterocycles. The van der Waals surface area contributed by atoms with Crippen LogP contribution in [0.15, 0.2) is 0 Å². The van der Waals surface area contributed by atoms with E-state index in [0.717, 1.165) is 19.3 Å². The highest BCUT2D eigenvalue weighted by Crippen LogP contribution is 2.24. The molecule has 0 spiro atoms. The van der Waals surface area contributed by atoms with E-state index in [-0.39, 0.29) is 6.54 Å². The van der Waals surface area contributed by atoms with Crippen LogP contribution in [0.5, 0.6) is 0 Å². The third kappa shape index (κ3) is 2.87. The number of fused-ring (bicyclic) bond motifs is 2. The van der Waals surface area contributed by atoms with E-state index in [1.165, 1.54) is 0 Å². The molecule has 2 saturated heterocycles. The van der Waals surface area contributed by atoms with Gasteiger partial charge in [0.2, 0.25) is 0 Å². The Morgan fingerprint density at radius 3 is 2.62 bits per heavy atom. The fourth-order valence-corrected chi connectivity index (χ4v) is 2.53. The number of aliphatic hydroxyl groups is 1. The van der Waals surface area contributed by atoms with Crippen LogP contribution in [0.3, 0.4) is 0 Å². The second-order valence-corrected chi connectivity index (χ2v) is 4.74. The number of hydrogen-bond acceptors (Lipinski definition) is 3. The van der Waals surface area contributed by atoms with Gasteiger partial charge in [-0.3, -0.25) is 4.90 Å². The third-order valence-electron chi connectivity index (χ3n) is 3.42. The molecule has 94 valence electrons. The predicted octanol–water partition coefficient (Wildman–Crippen LogP) is 0.736. The van der Waals surface area contributed by atoms with Crippen molar-refractivity contribution in [2.24, 2.45) is 0 Å². The van der Waals surface area contributed by atoms with Gasteiger partial charge in [0.25, 0.3) is 0 Å². The fourth-order valence-electron chi connectivity index (χ4n) is 2.53. The summed E-state index contributed by atoms with van der Waals surface area (Å²) in [5.74, 6) is 0. The molecule has 0 aromatic carbocycles. The van der Waals surface area contributed by atoms with Gasteiger partial charge < -0.3 is 10.4 Å². The molecule has 6 heteroatoms. The zero-order valence-corrected chi connectivity index (χ0v) is 9.00. The smallest absolute Gasteiger partial charge is 0.382 e. The molecule has 0 aliphatic carbocycles. The van der Waals surface area contributed by atoms with Gasteiger partial charge in [-0.15, -0.1) is 0 Å². The maximum Gasteiger partial charge on any atom is 0.415 e. The van der Waals surface area contributed by atoms with E-state index < -0.39 is 12.3 Å². The van der Waals surface area contributed by atoms with E-state index in [1.54, 1.807) is 4.90 Å². The first-order valence-electron chi connectivity index (χ1n) is 5.68. The van der Waals surface area contributed by atoms with Gasteiger partial charge in [-0.05, 0) is 25.8 Å². The summed E-state index contributed by atoms with van der Waals surface area (Å²) in [6, 6.07) is 0.756. The molecule has 2 N–H and O–H groups in total. The van der Waals surface area contributed by atoms with E-state index >= 15 is 0 Å². The summed E-state index contributed by atoms with van der Waals surface area (Å²) in [5.41, 5.74) is 0. The van der Waals surface area contributed by atoms with Crippen LogP contribution in [0.25, 0.3) is 0 Å². The minimum Gasteiger partial charge on any atom is -0.382 e. The number of likely N-dealkylation sites (tertiary alicyclic amines) is 1. The normalized spacial score (nSPS) is 33.8. The van der Waals surface area contributed by atoms with Crippen LogP contribution >= 0.6 is 0 Å². The second kappa shape index (κ2) is 4.50. The molecule has 2 rings (SSSR count). The van der Waals surface area contributed by atoms with E-state index in [0.29, 0.717) is 25.2 Å². The molecule has 0 aromatic rings. The minimum absolute atomic E-state index is 0.297. The highest BCUT2D eigenvalue weighted by atomic mass is 19.4. The number of hydrogen-bond donors (Lipinski definition) is 2. The Bertz CT molecular complexity index is 247. The van der Waals surface area contributed by atoms with Crippen molar-refractivity contribution in [3.63, 3.8) is 0 Å². The van der Waals surface area contributed by atoms with Crippen molar-refractivity contribution in [2.45, 2.75) is 43.6 Å². The molecule has 0 saturated carbocycles. The van der Waals surface area contributed by atoms with Gasteiger partial charge in [0.05, 0.1) is 0 Å². The van der Waals surface area contributed by atoms with Crippen LogP contribution in [0.1, 0.15) is 19.3 Å². The zero-order chi connectivity index (χ0) is 11.8. The first kappa shape index (κ1) is 12.1. The molecule has 0 aromatic heterocycles. The first-order chi connectivity index (χ1) is 7.45. The SMILES string of the molecule is OC(CN1CCC2CCC(C1)N2)C(F)(F)F. The van der Waals surface area contributed by atoms with Crippen LogP contribution in [0.2, 0.25) is 0 Å². The standard InChI is InChI=1S/C10H17F3N2O/c11-10(12,13)9(16)6-15-4-3-7-1-2-8(5-15)14-7/h7-9,14,16H,1-6H2. The molecule has 3 atom stereocenters. The Morgan fingerprint density at radius 2 is 1.94 bits per heavy atom. The molecule has 2 aliphatic heterocycles. The summed E-state index contributed by atoms with van der Waals surface area (Å²) in [5, 5.41) is 12.4. The molecule has 2 bridgehead atoms. The summed E-state index contributed by atoms with van der Waals surface area (Å²) in [6.45, 7) is 0.958. The minimum atomic E-state index is -4.50. The van der Waals surface area contributed by atoms with Crippen LogP contribution in [0, 0.1) is 0 Å². The average Bonchev–Trinajstić information content (AvgIpc) is 2.49. The van der Waals surface area contributed by atoms with Crippen LogP contribution in [-0.4, -0.2) is 54.0 Å². The van der Waals surface area contributed by atoms with Crippen molar-refractivity contribution in [1.29, 1.82) is 0 Å². The van der Waals surface area contributed by atoms with Gasteiger partial charge in [0.15, 0.2) is 6.10 Å². The van der Waals surface area contributed by atoms with Crippen LogP contribution < -0.4 is 5.32 Å². The highest BCUT2D eigenvalue weighted by molar-refractivity contribution is 4.90. The van der Waals surface area contributed by atoms with Crippen LogP contribution in [-0.2, 0) is 0 Å². The zero-order valence-electron chi connectivity index (χ0n) is 9.00. The predicted molar refractivity (Wildman–Crippen MR) is 53.1 cm³/mol. The van der Waals surface area contributed by atoms with E-state index in [2.05, 4.69) is 5.32 Å². The summed E-state index contributed by atoms with van der Waals surface area (Å²) < 4.78 is 36.6. The monoisotopic (exact) mass is 238 g/mol. The van der Waals surface area contributed by atoms with Crippen molar-refractivity contribution < 1.29 is 18.3 Å². The topological polar surface area (TPSA) is 35.5 Å². The Balaban J connectivity index is 1.86. The largest absolute Gasteiger partial charge is 0.415 e. The number of halogens is 3. The van der Waals surface area contributed by atoms with Gasteiger partial charge in [-0.1, -0.05) is 0 Å². The van der Waals surface area contributed by atoms with Crippen molar-refractivity contribution in [3.8, 4) is 0 Å². The lowest BCUT2D eigenvalue weighted by Gasteiger charge is -2.27. The Morgan fingerprint density at radius 1 is 1.25 bits per heavy atom. The maximum atomic E-state index is 12.2. The van der Waals surface area contributed by atoms with E-state index in [9.17, 15) is 13.2 Å². The fraction of sp³-hybridized carbons (Fsp3) is 1.00. The van der Waals surface area contributed by atoms with E-state index in [4.69, 9.17) is 5.11 Å². The summed E-state index contributed by atoms with van der Waals surface area (Å²) in [4.78, 5) is 1.72. The van der Waals surface area contributed by atoms with Crippen molar-refractivity contribution in [3.05, 3.63) is 0 Å². The molecular weight excluding hydrogens is 221 g/mol. The van der Waals surface area contributed by atoms with Gasteiger partial charge in [0, 0.05) is 25.2 Å². The summed E-state index contributed by atoms with van der Waals surface area (Å²) in [6.07, 6.45) is -3.69. The number of nitrogens with one attached hydrogen (secondary N) is 1. The van der Waals surface area contributed by atoms with E-state index in [1.807, 2.05) is 0 Å². The second-order valence-electron chi connectivity index (χ2n) is 4.74. The Kier molecular flexibility index (Phi) is 3.42. The lowest BCUT2D eigenvalue weighted by molar-refractivity contribution is -0.208. The quantitative estimate of drug-likeness (QED) is 0.744. The number of β-amino-alcohol motifs (C(OH)–C–C–N with tert-alkyl or cyclic N) is 1. The molecule has 2 aliphatic rings. The van der Waals surface area contributed by atoms with Crippen molar-refractivity contribution in [2.75, 3.05) is 19.6 Å². The molecule has 2 fully saturated rings. The van der Waals surface area contributed by atoms with Gasteiger partial charge in [0.1, 0.15) is 0 Å². The number of rotatable bonds is 2. The van der Waals surface area contributed by atoms with Crippen molar-refractivity contribution >= 4 is 0 Å². The Hall–Kier alpha value is -0.330.